The van der Waals surface area contributed by atoms with Crippen LogP contribution < -0.4 is 0 Å². The summed E-state index contributed by atoms with van der Waals surface area (Å²) in [5.74, 6) is -0.779. The lowest BCUT2D eigenvalue weighted by atomic mass is 9.90. The van der Waals surface area contributed by atoms with Crippen LogP contribution in [0, 0.1) is 0 Å². The van der Waals surface area contributed by atoms with Gasteiger partial charge in [-0.05, 0) is 68.6 Å². The summed E-state index contributed by atoms with van der Waals surface area (Å²) in [7, 11) is -1.40. The molecule has 2 heterocycles. The highest BCUT2D eigenvalue weighted by molar-refractivity contribution is 7.20. The Morgan fingerprint density at radius 3 is 1.91 bits per heavy atom. The van der Waals surface area contributed by atoms with Crippen LogP contribution in [0.1, 0.15) is 55.7 Å². The van der Waals surface area contributed by atoms with Gasteiger partial charge in [-0.1, -0.05) is 91.0 Å². The Hall–Kier alpha value is -3.74. The second-order valence-electron chi connectivity index (χ2n) is 12.2. The summed E-state index contributed by atoms with van der Waals surface area (Å²) < 4.78 is 20.3. The van der Waals surface area contributed by atoms with Crippen molar-refractivity contribution in [3.63, 3.8) is 0 Å². The van der Waals surface area contributed by atoms with E-state index in [2.05, 4.69) is 0 Å². The van der Waals surface area contributed by atoms with Crippen molar-refractivity contribution in [1.82, 2.24) is 14.5 Å². The number of hydrogen-bond acceptors (Lipinski definition) is 5. The molecule has 45 heavy (non-hydrogen) atoms. The van der Waals surface area contributed by atoms with E-state index in [0.717, 1.165) is 16.7 Å². The van der Waals surface area contributed by atoms with E-state index >= 15 is 0 Å². The van der Waals surface area contributed by atoms with Crippen LogP contribution in [0.3, 0.4) is 0 Å². The van der Waals surface area contributed by atoms with Crippen LogP contribution in [0.25, 0.3) is 0 Å². The monoisotopic (exact) mass is 629 g/mol. The Labute approximate surface area is 267 Å². The van der Waals surface area contributed by atoms with Gasteiger partial charge in [-0.2, -0.15) is 0 Å². The molecule has 0 aliphatic carbocycles. The van der Waals surface area contributed by atoms with Gasteiger partial charge in [-0.15, -0.1) is 0 Å². The molecule has 0 aromatic heterocycles. The zero-order chi connectivity index (χ0) is 31.6. The smallest absolute Gasteiger partial charge is 0.329 e. The normalized spacial score (nSPS) is 19.7. The molecule has 0 bridgehead atoms. The Kier molecular flexibility index (Phi) is 11.2. The molecule has 9 heteroatoms. The molecule has 8 nitrogen and oxygen atoms in total. The molecule has 3 aromatic rings. The van der Waals surface area contributed by atoms with Crippen LogP contribution in [0.5, 0.6) is 0 Å². The standard InChI is InChI=1S/C36H44N3O5P/c1-36(23-21-28-13-5-2-6-14-28,39(45-43)26-22-29-15-7-3-8-16-29)35(42)38-25-11-19-31(38)33(40)37-24-12-20-32(37)34(41)44-27-30-17-9-4-10-18-30/h2-10,13-18,31-32H,11-12,19-27,45H2,1H3/t31-,32-,36+/m0/s1. The van der Waals surface area contributed by atoms with Crippen LogP contribution in [0.15, 0.2) is 91.0 Å². The second-order valence-corrected chi connectivity index (χ2v) is 13.1. The number of likely N-dealkylation sites (tertiary alicyclic amines) is 2. The third-order valence-electron chi connectivity index (χ3n) is 9.28. The van der Waals surface area contributed by atoms with Crippen LogP contribution in [-0.4, -0.2) is 69.5 Å². The number of carbonyl (C=O) groups excluding carboxylic acids is 3. The van der Waals surface area contributed by atoms with Gasteiger partial charge in [0.1, 0.15) is 32.8 Å². The van der Waals surface area contributed by atoms with Gasteiger partial charge in [0.15, 0.2) is 0 Å². The third kappa shape index (κ3) is 7.92. The van der Waals surface area contributed by atoms with E-state index in [1.54, 1.807) is 9.80 Å². The molecule has 238 valence electrons. The molecular weight excluding hydrogens is 585 g/mol. The molecule has 2 saturated heterocycles. The zero-order valence-corrected chi connectivity index (χ0v) is 27.2. The van der Waals surface area contributed by atoms with E-state index in [4.69, 9.17) is 4.74 Å². The lowest BCUT2D eigenvalue weighted by Gasteiger charge is -2.41. The minimum absolute atomic E-state index is 0.155. The summed E-state index contributed by atoms with van der Waals surface area (Å²) in [6.07, 6.45) is 4.25. The molecule has 0 saturated carbocycles. The average Bonchev–Trinajstić information content (AvgIpc) is 3.78. The number of hydrogen-bond donors (Lipinski definition) is 0. The fourth-order valence-electron chi connectivity index (χ4n) is 6.58. The van der Waals surface area contributed by atoms with Crippen molar-refractivity contribution in [2.75, 3.05) is 19.6 Å². The summed E-state index contributed by atoms with van der Waals surface area (Å²) in [6, 6.07) is 28.2. The fraction of sp³-hybridized carbons (Fsp3) is 0.417. The molecule has 1 unspecified atom stereocenters. The topological polar surface area (TPSA) is 87.2 Å². The first-order valence-corrected chi connectivity index (χ1v) is 17.0. The van der Waals surface area contributed by atoms with Crippen LogP contribution in [0.4, 0.5) is 0 Å². The van der Waals surface area contributed by atoms with Crippen LogP contribution in [-0.2, 0) is 43.1 Å². The lowest BCUT2D eigenvalue weighted by molar-refractivity contribution is -0.157. The maximum atomic E-state index is 14.6. The number of nitrogens with zero attached hydrogens (tertiary/aromatic N) is 3. The summed E-state index contributed by atoms with van der Waals surface area (Å²) in [5.41, 5.74) is 2.04. The summed E-state index contributed by atoms with van der Waals surface area (Å²) in [6.45, 7) is 3.42. The molecule has 2 aliphatic rings. The molecule has 0 N–H and O–H groups in total. The Morgan fingerprint density at radius 1 is 0.778 bits per heavy atom. The Balaban J connectivity index is 1.32. The highest BCUT2D eigenvalue weighted by atomic mass is 31.1. The van der Waals surface area contributed by atoms with Crippen LogP contribution >= 0.6 is 8.61 Å². The molecule has 2 aliphatic heterocycles. The highest BCUT2D eigenvalue weighted by Crippen LogP contribution is 2.34. The minimum Gasteiger partial charge on any atom is -0.459 e. The molecule has 2 fully saturated rings. The average molecular weight is 630 g/mol. The maximum absolute atomic E-state index is 14.6. The first-order valence-electron chi connectivity index (χ1n) is 16.0. The fourth-order valence-corrected chi connectivity index (χ4v) is 7.29. The summed E-state index contributed by atoms with van der Waals surface area (Å²) in [4.78, 5) is 45.1. The molecule has 3 aromatic carbocycles. The summed E-state index contributed by atoms with van der Waals surface area (Å²) >= 11 is 0. The van der Waals surface area contributed by atoms with Crippen molar-refractivity contribution in [2.45, 2.75) is 76.1 Å². The minimum atomic E-state index is -1.40. The molecule has 5 rings (SSSR count). The van der Waals surface area contributed by atoms with E-state index in [1.807, 2.05) is 103 Å². The first kappa shape index (κ1) is 32.6. The van der Waals surface area contributed by atoms with Gasteiger partial charge in [0, 0.05) is 19.6 Å². The predicted molar refractivity (Wildman–Crippen MR) is 176 cm³/mol. The van der Waals surface area contributed by atoms with E-state index in [1.165, 1.54) is 0 Å². The molecule has 2 amide bonds. The molecule has 0 spiro atoms. The Bertz CT molecular complexity index is 1440. The van der Waals surface area contributed by atoms with Crippen molar-refractivity contribution in [3.8, 4) is 0 Å². The third-order valence-corrected chi connectivity index (χ3v) is 10.4. The summed E-state index contributed by atoms with van der Waals surface area (Å²) in [5, 5.41) is 0. The SMILES string of the molecule is C[C@@](CCc1ccccc1)(C(=O)N1CCC[C@H]1C(=O)N1CCC[C@H]1C(=O)OCc1ccccc1)N(CCc1ccccc1)[PH2]=O. The lowest BCUT2D eigenvalue weighted by Crippen LogP contribution is -2.59. The molecule has 0 radical (unpaired) electrons. The first-order chi connectivity index (χ1) is 21.9. The van der Waals surface area contributed by atoms with Gasteiger partial charge in [0.2, 0.25) is 11.8 Å². The van der Waals surface area contributed by atoms with Crippen molar-refractivity contribution < 1.29 is 23.7 Å². The van der Waals surface area contributed by atoms with Crippen molar-refractivity contribution in [2.24, 2.45) is 0 Å². The molecular formula is C36H44N3O5P. The van der Waals surface area contributed by atoms with Gasteiger partial charge >= 0.3 is 5.97 Å². The number of benzene rings is 3. The Morgan fingerprint density at radius 2 is 1.31 bits per heavy atom. The number of amides is 2. The largest absolute Gasteiger partial charge is 0.459 e. The van der Waals surface area contributed by atoms with Crippen molar-refractivity contribution in [1.29, 1.82) is 0 Å². The highest BCUT2D eigenvalue weighted by Gasteiger charge is 2.48. The number of aryl methyl sites for hydroxylation is 1. The number of rotatable bonds is 13. The van der Waals surface area contributed by atoms with Gasteiger partial charge in [-0.3, -0.25) is 9.59 Å². The number of ether oxygens (including phenoxy) is 1. The maximum Gasteiger partial charge on any atom is 0.329 e. The predicted octanol–water partition coefficient (Wildman–Crippen LogP) is 5.32. The second kappa shape index (κ2) is 15.5. The van der Waals surface area contributed by atoms with Crippen molar-refractivity contribution >= 4 is 26.4 Å². The van der Waals surface area contributed by atoms with Gasteiger partial charge in [0.05, 0.1) is 0 Å². The zero-order valence-electron chi connectivity index (χ0n) is 26.1. The van der Waals surface area contributed by atoms with Crippen molar-refractivity contribution in [3.05, 3.63) is 108 Å². The van der Waals surface area contributed by atoms with E-state index in [9.17, 15) is 18.9 Å². The van der Waals surface area contributed by atoms with Gasteiger partial charge in [0.25, 0.3) is 0 Å². The quantitative estimate of drug-likeness (QED) is 0.188. The van der Waals surface area contributed by atoms with Gasteiger partial charge in [-0.25, -0.2) is 9.46 Å². The van der Waals surface area contributed by atoms with E-state index in [0.29, 0.717) is 64.6 Å². The molecule has 4 atom stereocenters. The van der Waals surface area contributed by atoms with Crippen LogP contribution in [0.2, 0.25) is 0 Å². The van der Waals surface area contributed by atoms with E-state index in [-0.39, 0.29) is 18.4 Å². The van der Waals surface area contributed by atoms with Gasteiger partial charge < -0.3 is 19.1 Å². The number of carbonyl (C=O) groups is 3. The van der Waals surface area contributed by atoms with E-state index < -0.39 is 32.2 Å². The number of esters is 1.